The minimum absolute atomic E-state index is 0.0504. The van der Waals surface area contributed by atoms with E-state index in [-0.39, 0.29) is 5.69 Å². The lowest BCUT2D eigenvalue weighted by atomic mass is 10.2. The maximum Gasteiger partial charge on any atom is 0.269 e. The summed E-state index contributed by atoms with van der Waals surface area (Å²) >= 11 is 1.40. The van der Waals surface area contributed by atoms with Crippen LogP contribution in [0.1, 0.15) is 0 Å². The van der Waals surface area contributed by atoms with Crippen molar-refractivity contribution in [1.82, 2.24) is 4.98 Å². The van der Waals surface area contributed by atoms with E-state index in [0.29, 0.717) is 10.9 Å². The maximum absolute atomic E-state index is 10.7. The molecule has 0 aliphatic heterocycles. The van der Waals surface area contributed by atoms with Crippen molar-refractivity contribution in [2.45, 2.75) is 0 Å². The van der Waals surface area contributed by atoms with E-state index in [1.165, 1.54) is 23.5 Å². The van der Waals surface area contributed by atoms with Crippen LogP contribution >= 0.6 is 11.3 Å². The molecule has 1 heterocycles. The number of rotatable bonds is 4. The molecule has 3 aromatic rings. The van der Waals surface area contributed by atoms with E-state index in [9.17, 15) is 10.1 Å². The van der Waals surface area contributed by atoms with Gasteiger partial charge in [-0.3, -0.25) is 10.1 Å². The number of anilines is 3. The number of nitro benzene ring substituents is 1. The molecule has 0 radical (unpaired) electrons. The molecule has 0 bridgehead atoms. The number of nitrogens with one attached hydrogen (secondary N) is 1. The van der Waals surface area contributed by atoms with Gasteiger partial charge in [-0.1, -0.05) is 29.5 Å². The van der Waals surface area contributed by atoms with E-state index < -0.39 is 4.92 Å². The van der Waals surface area contributed by atoms with Crippen LogP contribution < -0.4 is 11.1 Å². The molecule has 0 saturated heterocycles. The summed E-state index contributed by atoms with van der Waals surface area (Å²) in [5, 5.41) is 14.5. The molecule has 22 heavy (non-hydrogen) atoms. The first kappa shape index (κ1) is 14.0. The molecule has 1 aromatic heterocycles. The Balaban J connectivity index is 1.87. The summed E-state index contributed by atoms with van der Waals surface area (Å²) in [4.78, 5) is 15.3. The third-order valence-corrected chi connectivity index (χ3v) is 4.05. The first-order chi connectivity index (χ1) is 10.6. The molecule has 0 atom stereocenters. The first-order valence-corrected chi connectivity index (χ1v) is 7.28. The van der Waals surface area contributed by atoms with Crippen LogP contribution in [0.2, 0.25) is 0 Å². The SMILES string of the molecule is Nc1nc(Nc2ccccc2)sc1-c1ccc([N+](=O)[O-])cc1. The van der Waals surface area contributed by atoms with Crippen molar-refractivity contribution >= 4 is 33.7 Å². The zero-order valence-electron chi connectivity index (χ0n) is 11.4. The molecule has 110 valence electrons. The lowest BCUT2D eigenvalue weighted by Gasteiger charge is -2.00. The largest absolute Gasteiger partial charge is 0.382 e. The number of hydrogen-bond acceptors (Lipinski definition) is 6. The summed E-state index contributed by atoms with van der Waals surface area (Å²) in [6.45, 7) is 0. The van der Waals surface area contributed by atoms with Crippen LogP contribution in [0.3, 0.4) is 0 Å². The summed E-state index contributed by atoms with van der Waals surface area (Å²) in [6, 6.07) is 15.9. The van der Waals surface area contributed by atoms with Gasteiger partial charge in [0.25, 0.3) is 5.69 Å². The van der Waals surface area contributed by atoms with Crippen LogP contribution in [0.15, 0.2) is 54.6 Å². The molecular formula is C15H12N4O2S. The van der Waals surface area contributed by atoms with Crippen molar-refractivity contribution in [3.05, 3.63) is 64.7 Å². The van der Waals surface area contributed by atoms with Crippen molar-refractivity contribution in [2.75, 3.05) is 11.1 Å². The highest BCUT2D eigenvalue weighted by atomic mass is 32.1. The fourth-order valence-electron chi connectivity index (χ4n) is 1.97. The number of para-hydroxylation sites is 1. The predicted molar refractivity (Wildman–Crippen MR) is 88.3 cm³/mol. The van der Waals surface area contributed by atoms with Crippen molar-refractivity contribution < 1.29 is 4.92 Å². The number of nitrogens with two attached hydrogens (primary N) is 1. The average molecular weight is 312 g/mol. The van der Waals surface area contributed by atoms with Gasteiger partial charge in [0, 0.05) is 17.8 Å². The normalized spacial score (nSPS) is 10.4. The molecule has 0 aliphatic rings. The molecule has 3 N–H and O–H groups in total. The molecule has 0 spiro atoms. The third kappa shape index (κ3) is 2.89. The maximum atomic E-state index is 10.7. The van der Waals surface area contributed by atoms with Crippen molar-refractivity contribution in [3.63, 3.8) is 0 Å². The smallest absolute Gasteiger partial charge is 0.269 e. The number of hydrogen-bond donors (Lipinski definition) is 2. The Kier molecular flexibility index (Phi) is 3.71. The summed E-state index contributed by atoms with van der Waals surface area (Å²) < 4.78 is 0. The van der Waals surface area contributed by atoms with Gasteiger partial charge in [0.15, 0.2) is 5.13 Å². The van der Waals surface area contributed by atoms with E-state index in [0.717, 1.165) is 16.1 Å². The molecule has 3 rings (SSSR count). The van der Waals surface area contributed by atoms with Crippen LogP contribution in [0, 0.1) is 10.1 Å². The second-order valence-electron chi connectivity index (χ2n) is 4.53. The second-order valence-corrected chi connectivity index (χ2v) is 5.53. The Morgan fingerprint density at radius 1 is 1.09 bits per heavy atom. The monoisotopic (exact) mass is 312 g/mol. The predicted octanol–water partition coefficient (Wildman–Crippen LogP) is 4.04. The summed E-state index contributed by atoms with van der Waals surface area (Å²) in [6.07, 6.45) is 0. The number of aromatic nitrogens is 1. The number of thiazole rings is 1. The van der Waals surface area contributed by atoms with Gasteiger partial charge in [0.1, 0.15) is 5.82 Å². The Hall–Kier alpha value is -2.93. The van der Waals surface area contributed by atoms with Gasteiger partial charge >= 0.3 is 0 Å². The Morgan fingerprint density at radius 3 is 2.41 bits per heavy atom. The molecule has 0 aliphatic carbocycles. The molecule has 7 heteroatoms. The standard InChI is InChI=1S/C15H12N4O2S/c16-14-13(10-6-8-12(9-7-10)19(20)21)22-15(18-14)17-11-4-2-1-3-5-11/h1-9H,16H2,(H,17,18). The lowest BCUT2D eigenvalue weighted by molar-refractivity contribution is -0.384. The highest BCUT2D eigenvalue weighted by Gasteiger charge is 2.12. The van der Waals surface area contributed by atoms with Crippen LogP contribution in [0.5, 0.6) is 0 Å². The van der Waals surface area contributed by atoms with E-state index >= 15 is 0 Å². The molecule has 0 fully saturated rings. The molecular weight excluding hydrogens is 300 g/mol. The quantitative estimate of drug-likeness (QED) is 0.560. The van der Waals surface area contributed by atoms with Gasteiger partial charge in [0.2, 0.25) is 0 Å². The Bertz CT molecular complexity index is 800. The van der Waals surface area contributed by atoms with Gasteiger partial charge in [0.05, 0.1) is 9.80 Å². The summed E-state index contributed by atoms with van der Waals surface area (Å²) in [7, 11) is 0. The summed E-state index contributed by atoms with van der Waals surface area (Å²) in [5.41, 5.74) is 7.73. The fraction of sp³-hybridized carbons (Fsp3) is 0. The Morgan fingerprint density at radius 2 is 1.77 bits per heavy atom. The van der Waals surface area contributed by atoms with Crippen LogP contribution in [-0.2, 0) is 0 Å². The molecule has 0 unspecified atom stereocenters. The zero-order chi connectivity index (χ0) is 15.5. The van der Waals surface area contributed by atoms with Gasteiger partial charge < -0.3 is 11.1 Å². The number of non-ortho nitro benzene ring substituents is 1. The van der Waals surface area contributed by atoms with Crippen molar-refractivity contribution in [2.24, 2.45) is 0 Å². The number of benzene rings is 2. The van der Waals surface area contributed by atoms with Crippen LogP contribution in [0.25, 0.3) is 10.4 Å². The number of nitro groups is 1. The van der Waals surface area contributed by atoms with E-state index in [1.54, 1.807) is 12.1 Å². The molecule has 0 amide bonds. The van der Waals surface area contributed by atoms with Gasteiger partial charge in [-0.05, 0) is 29.8 Å². The highest BCUT2D eigenvalue weighted by molar-refractivity contribution is 7.19. The van der Waals surface area contributed by atoms with Crippen LogP contribution in [0.4, 0.5) is 22.3 Å². The van der Waals surface area contributed by atoms with Gasteiger partial charge in [-0.25, -0.2) is 4.98 Å². The second kappa shape index (κ2) is 5.82. The topological polar surface area (TPSA) is 94.1 Å². The van der Waals surface area contributed by atoms with E-state index in [4.69, 9.17) is 5.73 Å². The fourth-order valence-corrected chi connectivity index (χ4v) is 2.88. The zero-order valence-corrected chi connectivity index (χ0v) is 12.2. The van der Waals surface area contributed by atoms with Crippen LogP contribution in [-0.4, -0.2) is 9.91 Å². The van der Waals surface area contributed by atoms with Gasteiger partial charge in [-0.2, -0.15) is 0 Å². The minimum Gasteiger partial charge on any atom is -0.382 e. The summed E-state index contributed by atoms with van der Waals surface area (Å²) in [5.74, 6) is 0.400. The van der Waals surface area contributed by atoms with Crippen molar-refractivity contribution in [1.29, 1.82) is 0 Å². The first-order valence-electron chi connectivity index (χ1n) is 6.46. The minimum atomic E-state index is -0.428. The molecule has 0 saturated carbocycles. The number of nitrogen functional groups attached to an aromatic ring is 1. The van der Waals surface area contributed by atoms with Crippen molar-refractivity contribution in [3.8, 4) is 10.4 Å². The highest BCUT2D eigenvalue weighted by Crippen LogP contribution is 2.36. The van der Waals surface area contributed by atoms with E-state index in [2.05, 4.69) is 10.3 Å². The lowest BCUT2D eigenvalue weighted by Crippen LogP contribution is -1.91. The number of nitrogens with zero attached hydrogens (tertiary/aromatic N) is 2. The van der Waals surface area contributed by atoms with E-state index in [1.807, 2.05) is 30.3 Å². The van der Waals surface area contributed by atoms with Gasteiger partial charge in [-0.15, -0.1) is 0 Å². The third-order valence-electron chi connectivity index (χ3n) is 3.02. The molecule has 2 aromatic carbocycles. The molecule has 6 nitrogen and oxygen atoms in total. The Labute approximate surface area is 130 Å². The average Bonchev–Trinajstić information content (AvgIpc) is 2.89.